The van der Waals surface area contributed by atoms with Gasteiger partial charge in [0.05, 0.1) is 24.1 Å². The number of aryl methyl sites for hydroxylation is 1. The van der Waals surface area contributed by atoms with Crippen LogP contribution in [0.3, 0.4) is 0 Å². The van der Waals surface area contributed by atoms with E-state index in [-0.39, 0.29) is 12.1 Å². The summed E-state index contributed by atoms with van der Waals surface area (Å²) in [5, 5.41) is 9.61. The third-order valence-electron chi connectivity index (χ3n) is 4.37. The molecule has 0 radical (unpaired) electrons. The molecule has 2 aliphatic rings. The van der Waals surface area contributed by atoms with E-state index in [0.29, 0.717) is 12.4 Å². The van der Waals surface area contributed by atoms with E-state index >= 15 is 0 Å². The van der Waals surface area contributed by atoms with E-state index in [4.69, 9.17) is 0 Å². The van der Waals surface area contributed by atoms with Crippen LogP contribution < -0.4 is 4.90 Å². The maximum Gasteiger partial charge on any atom is 0.211 e. The lowest BCUT2D eigenvalue weighted by atomic mass is 10.0. The van der Waals surface area contributed by atoms with Crippen LogP contribution in [0, 0.1) is 6.92 Å². The standard InChI is InChI=1S/C14H22N4O3S/c1-10-15-12(13-5-8-18(13)22(2,20)21)9-14(16-10)17-6-3-11(19)4-7-17/h9,11,13,19H,3-8H2,1-2H3. The molecule has 7 nitrogen and oxygen atoms in total. The Morgan fingerprint density at radius 3 is 2.41 bits per heavy atom. The third-order valence-corrected chi connectivity index (χ3v) is 5.66. The Morgan fingerprint density at radius 2 is 1.86 bits per heavy atom. The summed E-state index contributed by atoms with van der Waals surface area (Å²) >= 11 is 0. The number of hydrogen-bond donors (Lipinski definition) is 1. The van der Waals surface area contributed by atoms with Gasteiger partial charge in [0, 0.05) is 25.7 Å². The van der Waals surface area contributed by atoms with Crippen molar-refractivity contribution in [1.29, 1.82) is 0 Å². The number of hydrogen-bond acceptors (Lipinski definition) is 6. The smallest absolute Gasteiger partial charge is 0.211 e. The predicted octanol–water partition coefficient (Wildman–Crippen LogP) is 0.453. The lowest BCUT2D eigenvalue weighted by molar-refractivity contribution is 0.145. The Labute approximate surface area is 131 Å². The van der Waals surface area contributed by atoms with Crippen LogP contribution in [0.1, 0.15) is 36.8 Å². The van der Waals surface area contributed by atoms with Crippen molar-refractivity contribution in [1.82, 2.24) is 14.3 Å². The number of aliphatic hydroxyl groups is 1. The molecule has 1 aromatic rings. The number of nitrogens with zero attached hydrogens (tertiary/aromatic N) is 4. The van der Waals surface area contributed by atoms with Gasteiger partial charge < -0.3 is 10.0 Å². The van der Waals surface area contributed by atoms with Crippen LogP contribution in [0.15, 0.2) is 6.07 Å². The molecule has 3 rings (SSSR count). The summed E-state index contributed by atoms with van der Waals surface area (Å²) < 4.78 is 25.0. The van der Waals surface area contributed by atoms with E-state index in [9.17, 15) is 13.5 Å². The maximum absolute atomic E-state index is 11.7. The summed E-state index contributed by atoms with van der Waals surface area (Å²) in [6, 6.07) is 1.72. The van der Waals surface area contributed by atoms with Crippen LogP contribution >= 0.6 is 0 Å². The van der Waals surface area contributed by atoms with Crippen molar-refractivity contribution in [2.45, 2.75) is 38.3 Å². The van der Waals surface area contributed by atoms with Gasteiger partial charge in [-0.25, -0.2) is 18.4 Å². The van der Waals surface area contributed by atoms with Gasteiger partial charge in [0.25, 0.3) is 0 Å². The highest BCUT2D eigenvalue weighted by Gasteiger charge is 2.37. The summed E-state index contributed by atoms with van der Waals surface area (Å²) in [7, 11) is -3.19. The fourth-order valence-corrected chi connectivity index (χ4v) is 4.17. The highest BCUT2D eigenvalue weighted by atomic mass is 32.2. The van der Waals surface area contributed by atoms with Crippen molar-refractivity contribution in [3.8, 4) is 0 Å². The normalized spacial score (nSPS) is 24.3. The van der Waals surface area contributed by atoms with E-state index in [1.807, 2.05) is 13.0 Å². The minimum Gasteiger partial charge on any atom is -0.393 e. The second kappa shape index (κ2) is 5.75. The number of anilines is 1. The first-order valence-electron chi connectivity index (χ1n) is 7.60. The predicted molar refractivity (Wildman–Crippen MR) is 83.1 cm³/mol. The molecule has 2 fully saturated rings. The highest BCUT2D eigenvalue weighted by Crippen LogP contribution is 2.35. The van der Waals surface area contributed by atoms with Gasteiger partial charge in [-0.2, -0.15) is 4.31 Å². The fourth-order valence-electron chi connectivity index (χ4n) is 3.06. The minimum absolute atomic E-state index is 0.175. The zero-order valence-corrected chi connectivity index (χ0v) is 13.8. The number of aromatic nitrogens is 2. The van der Waals surface area contributed by atoms with Crippen LogP contribution in [-0.4, -0.2) is 59.8 Å². The molecular weight excluding hydrogens is 304 g/mol. The molecule has 3 heterocycles. The summed E-state index contributed by atoms with van der Waals surface area (Å²) in [5.41, 5.74) is 0.769. The highest BCUT2D eigenvalue weighted by molar-refractivity contribution is 7.88. The van der Waals surface area contributed by atoms with Crippen molar-refractivity contribution in [3.63, 3.8) is 0 Å². The Hall–Kier alpha value is -1.25. The zero-order valence-electron chi connectivity index (χ0n) is 12.9. The lowest BCUT2D eigenvalue weighted by Crippen LogP contribution is -2.45. The van der Waals surface area contributed by atoms with Crippen LogP contribution in [0.5, 0.6) is 0 Å². The molecular formula is C14H22N4O3S. The number of piperidine rings is 1. The van der Waals surface area contributed by atoms with E-state index in [2.05, 4.69) is 14.9 Å². The summed E-state index contributed by atoms with van der Waals surface area (Å²) in [5.74, 6) is 1.48. The number of rotatable bonds is 3. The van der Waals surface area contributed by atoms with Gasteiger partial charge >= 0.3 is 0 Å². The van der Waals surface area contributed by atoms with Gasteiger partial charge in [0.15, 0.2) is 0 Å². The van der Waals surface area contributed by atoms with Crippen molar-refractivity contribution >= 4 is 15.8 Å². The molecule has 1 N–H and O–H groups in total. The molecule has 0 spiro atoms. The molecule has 0 bridgehead atoms. The van der Waals surface area contributed by atoms with E-state index < -0.39 is 10.0 Å². The molecule has 0 aliphatic carbocycles. The van der Waals surface area contributed by atoms with Crippen molar-refractivity contribution in [3.05, 3.63) is 17.6 Å². The molecule has 2 aliphatic heterocycles. The summed E-state index contributed by atoms with van der Waals surface area (Å²) in [6.07, 6.45) is 3.27. The molecule has 1 aromatic heterocycles. The topological polar surface area (TPSA) is 86.6 Å². The van der Waals surface area contributed by atoms with E-state index in [1.165, 1.54) is 10.6 Å². The van der Waals surface area contributed by atoms with Crippen LogP contribution in [0.2, 0.25) is 0 Å². The molecule has 122 valence electrons. The minimum atomic E-state index is -3.19. The van der Waals surface area contributed by atoms with E-state index in [1.54, 1.807) is 0 Å². The molecule has 1 atom stereocenters. The molecule has 1 unspecified atom stereocenters. The molecule has 0 amide bonds. The number of sulfonamides is 1. The Kier molecular flexibility index (Phi) is 4.09. The van der Waals surface area contributed by atoms with Gasteiger partial charge in [-0.1, -0.05) is 0 Å². The molecule has 22 heavy (non-hydrogen) atoms. The Morgan fingerprint density at radius 1 is 1.18 bits per heavy atom. The molecule has 2 saturated heterocycles. The maximum atomic E-state index is 11.7. The molecule has 0 aromatic carbocycles. The monoisotopic (exact) mass is 326 g/mol. The first-order chi connectivity index (χ1) is 10.3. The SMILES string of the molecule is Cc1nc(C2CCN2S(C)(=O)=O)cc(N2CCC(O)CC2)n1. The Bertz CT molecular complexity index is 656. The van der Waals surface area contributed by atoms with E-state index in [0.717, 1.165) is 43.9 Å². The Balaban J connectivity index is 1.84. The third kappa shape index (κ3) is 3.09. The van der Waals surface area contributed by atoms with Crippen molar-refractivity contribution in [2.24, 2.45) is 0 Å². The number of aliphatic hydroxyl groups excluding tert-OH is 1. The average Bonchev–Trinajstić information content (AvgIpc) is 2.35. The second-order valence-corrected chi connectivity index (χ2v) is 8.03. The first-order valence-corrected chi connectivity index (χ1v) is 9.45. The van der Waals surface area contributed by atoms with Crippen LogP contribution in [-0.2, 0) is 10.0 Å². The lowest BCUT2D eigenvalue weighted by Gasteiger charge is -2.39. The first kappa shape index (κ1) is 15.6. The summed E-state index contributed by atoms with van der Waals surface area (Å²) in [4.78, 5) is 11.0. The van der Waals surface area contributed by atoms with Gasteiger partial charge in [-0.05, 0) is 26.2 Å². The van der Waals surface area contributed by atoms with Gasteiger partial charge in [0.1, 0.15) is 11.6 Å². The van der Waals surface area contributed by atoms with Crippen molar-refractivity contribution < 1.29 is 13.5 Å². The second-order valence-electron chi connectivity index (χ2n) is 6.09. The van der Waals surface area contributed by atoms with Crippen LogP contribution in [0.4, 0.5) is 5.82 Å². The largest absolute Gasteiger partial charge is 0.393 e. The van der Waals surface area contributed by atoms with Gasteiger partial charge in [-0.3, -0.25) is 0 Å². The summed E-state index contributed by atoms with van der Waals surface area (Å²) in [6.45, 7) is 3.90. The fraction of sp³-hybridized carbons (Fsp3) is 0.714. The average molecular weight is 326 g/mol. The van der Waals surface area contributed by atoms with Gasteiger partial charge in [0.2, 0.25) is 10.0 Å². The van der Waals surface area contributed by atoms with Crippen molar-refractivity contribution in [2.75, 3.05) is 30.8 Å². The quantitative estimate of drug-likeness (QED) is 0.868. The molecule has 8 heteroatoms. The zero-order chi connectivity index (χ0) is 15.9. The molecule has 0 saturated carbocycles. The van der Waals surface area contributed by atoms with Crippen LogP contribution in [0.25, 0.3) is 0 Å². The van der Waals surface area contributed by atoms with Gasteiger partial charge in [-0.15, -0.1) is 0 Å².